The predicted octanol–water partition coefficient (Wildman–Crippen LogP) is 3.80. The van der Waals surface area contributed by atoms with E-state index in [1.165, 1.54) is 19.3 Å². The van der Waals surface area contributed by atoms with Crippen molar-refractivity contribution in [1.29, 1.82) is 0 Å². The van der Waals surface area contributed by atoms with E-state index in [1.54, 1.807) is 11.1 Å². The van der Waals surface area contributed by atoms with E-state index in [1.807, 2.05) is 53.4 Å². The lowest BCUT2D eigenvalue weighted by Gasteiger charge is -2.31. The fourth-order valence-corrected chi connectivity index (χ4v) is 4.41. The molecule has 2 aromatic rings. The van der Waals surface area contributed by atoms with E-state index in [9.17, 15) is 9.59 Å². The number of aromatic nitrogens is 1. The Kier molecular flexibility index (Phi) is 5.70. The summed E-state index contributed by atoms with van der Waals surface area (Å²) in [4.78, 5) is 34.2. The van der Waals surface area contributed by atoms with Gasteiger partial charge in [0.15, 0.2) is 0 Å². The van der Waals surface area contributed by atoms with Crippen molar-refractivity contribution in [3.05, 3.63) is 60.3 Å². The second kappa shape index (κ2) is 8.55. The number of hydrogen-bond donors (Lipinski definition) is 0. The number of carbonyl (C=O) groups is 2. The summed E-state index contributed by atoms with van der Waals surface area (Å²) >= 11 is 0. The molecule has 1 aliphatic heterocycles. The molecule has 1 saturated heterocycles. The van der Waals surface area contributed by atoms with E-state index in [2.05, 4.69) is 4.98 Å². The number of carbonyl (C=O) groups excluding carboxylic acids is 2. The van der Waals surface area contributed by atoms with Crippen LogP contribution in [0.5, 0.6) is 0 Å². The van der Waals surface area contributed by atoms with Crippen LogP contribution in [-0.2, 0) is 16.1 Å². The smallest absolute Gasteiger partial charge is 0.233 e. The maximum absolute atomic E-state index is 13.4. The Morgan fingerprint density at radius 2 is 1.79 bits per heavy atom. The summed E-state index contributed by atoms with van der Waals surface area (Å²) in [7, 11) is 0. The third kappa shape index (κ3) is 4.08. The van der Waals surface area contributed by atoms with Gasteiger partial charge >= 0.3 is 0 Å². The summed E-state index contributed by atoms with van der Waals surface area (Å²) in [5, 5.41) is 0. The summed E-state index contributed by atoms with van der Waals surface area (Å²) in [6.45, 7) is 1.01. The highest BCUT2D eigenvalue weighted by Crippen LogP contribution is 2.30. The molecule has 2 fully saturated rings. The Morgan fingerprint density at radius 1 is 1.04 bits per heavy atom. The molecule has 5 heteroatoms. The average molecular weight is 377 g/mol. The molecular formula is C23H27N3O2. The lowest BCUT2D eigenvalue weighted by Crippen LogP contribution is -2.40. The van der Waals surface area contributed by atoms with Crippen LogP contribution in [0.2, 0.25) is 0 Å². The Balaban J connectivity index is 1.53. The minimum absolute atomic E-state index is 0.00536. The predicted molar refractivity (Wildman–Crippen MR) is 109 cm³/mol. The first-order chi connectivity index (χ1) is 13.7. The highest BCUT2D eigenvalue weighted by Gasteiger charge is 2.40. The largest absolute Gasteiger partial charge is 0.339 e. The molecule has 0 spiro atoms. The van der Waals surface area contributed by atoms with Gasteiger partial charge in [0.25, 0.3) is 0 Å². The third-order valence-corrected chi connectivity index (χ3v) is 5.90. The van der Waals surface area contributed by atoms with E-state index < -0.39 is 0 Å². The molecule has 1 saturated carbocycles. The molecule has 1 aromatic heterocycles. The first-order valence-electron chi connectivity index (χ1n) is 10.3. The van der Waals surface area contributed by atoms with Crippen molar-refractivity contribution >= 4 is 17.6 Å². The van der Waals surface area contributed by atoms with Gasteiger partial charge in [-0.25, -0.2) is 4.98 Å². The molecule has 2 amide bonds. The Morgan fingerprint density at radius 3 is 2.50 bits per heavy atom. The van der Waals surface area contributed by atoms with E-state index >= 15 is 0 Å². The highest BCUT2D eigenvalue weighted by atomic mass is 16.2. The van der Waals surface area contributed by atoms with Crippen molar-refractivity contribution in [2.75, 3.05) is 11.4 Å². The van der Waals surface area contributed by atoms with Gasteiger partial charge in [0, 0.05) is 25.2 Å². The molecule has 0 N–H and O–H groups in total. The molecule has 1 atom stereocenters. The number of hydrogen-bond acceptors (Lipinski definition) is 3. The zero-order valence-electron chi connectivity index (χ0n) is 16.2. The van der Waals surface area contributed by atoms with Crippen LogP contribution in [0.25, 0.3) is 0 Å². The first-order valence-corrected chi connectivity index (χ1v) is 10.3. The molecular weight excluding hydrogens is 350 g/mol. The zero-order chi connectivity index (χ0) is 19.3. The number of nitrogens with zero attached hydrogens (tertiary/aromatic N) is 3. The van der Waals surface area contributed by atoms with Crippen molar-refractivity contribution in [2.45, 2.75) is 51.1 Å². The topological polar surface area (TPSA) is 53.5 Å². The van der Waals surface area contributed by atoms with Gasteiger partial charge in [0.1, 0.15) is 5.82 Å². The number of benzene rings is 1. The van der Waals surface area contributed by atoms with Gasteiger partial charge in [0.2, 0.25) is 11.8 Å². The van der Waals surface area contributed by atoms with Gasteiger partial charge in [-0.05, 0) is 30.5 Å². The van der Waals surface area contributed by atoms with Gasteiger partial charge < -0.3 is 4.90 Å². The SMILES string of the molecule is O=C(C1CC(=O)N(C2CCCCC2)C1)N(Cc1ccccc1)c1ccccn1. The number of likely N-dealkylation sites (tertiary alicyclic amines) is 1. The van der Waals surface area contributed by atoms with Gasteiger partial charge in [0.05, 0.1) is 12.5 Å². The van der Waals surface area contributed by atoms with Crippen molar-refractivity contribution in [2.24, 2.45) is 5.92 Å². The quantitative estimate of drug-likeness (QED) is 0.796. The van der Waals surface area contributed by atoms with Crippen LogP contribution in [0, 0.1) is 5.92 Å². The van der Waals surface area contributed by atoms with Gasteiger partial charge in [-0.15, -0.1) is 0 Å². The highest BCUT2D eigenvalue weighted by molar-refractivity contribution is 5.98. The van der Waals surface area contributed by atoms with Crippen molar-refractivity contribution in [3.63, 3.8) is 0 Å². The van der Waals surface area contributed by atoms with Crippen LogP contribution in [0.15, 0.2) is 54.7 Å². The summed E-state index contributed by atoms with van der Waals surface area (Å²) < 4.78 is 0. The van der Waals surface area contributed by atoms with Gasteiger partial charge in [-0.1, -0.05) is 55.7 Å². The van der Waals surface area contributed by atoms with E-state index in [-0.39, 0.29) is 17.7 Å². The van der Waals surface area contributed by atoms with Crippen LogP contribution < -0.4 is 4.90 Å². The molecule has 0 bridgehead atoms. The fraction of sp³-hybridized carbons (Fsp3) is 0.435. The van der Waals surface area contributed by atoms with Gasteiger partial charge in [-0.2, -0.15) is 0 Å². The Bertz CT molecular complexity index is 803. The van der Waals surface area contributed by atoms with Crippen LogP contribution >= 0.6 is 0 Å². The molecule has 1 aliphatic carbocycles. The molecule has 5 nitrogen and oxygen atoms in total. The fourth-order valence-electron chi connectivity index (χ4n) is 4.41. The molecule has 4 rings (SSSR count). The lowest BCUT2D eigenvalue weighted by molar-refractivity contribution is -0.130. The molecule has 2 aliphatic rings. The van der Waals surface area contributed by atoms with Crippen LogP contribution in [0.1, 0.15) is 44.1 Å². The lowest BCUT2D eigenvalue weighted by atomic mass is 9.94. The molecule has 28 heavy (non-hydrogen) atoms. The second-order valence-electron chi connectivity index (χ2n) is 7.84. The minimum Gasteiger partial charge on any atom is -0.339 e. The van der Waals surface area contributed by atoms with Crippen molar-refractivity contribution in [3.8, 4) is 0 Å². The van der Waals surface area contributed by atoms with Crippen LogP contribution in [0.3, 0.4) is 0 Å². The minimum atomic E-state index is -0.292. The molecule has 2 heterocycles. The molecule has 1 unspecified atom stereocenters. The summed E-state index contributed by atoms with van der Waals surface area (Å²) in [6.07, 6.45) is 7.77. The first kappa shape index (κ1) is 18.7. The second-order valence-corrected chi connectivity index (χ2v) is 7.84. The molecule has 0 radical (unpaired) electrons. The maximum Gasteiger partial charge on any atom is 0.233 e. The number of rotatable bonds is 5. The standard InChI is InChI=1S/C23H27N3O2/c27-22-15-19(17-25(22)20-11-5-2-6-12-20)23(28)26(21-13-7-8-14-24-21)16-18-9-3-1-4-10-18/h1,3-4,7-10,13-14,19-20H,2,5-6,11-12,15-17H2. The van der Waals surface area contributed by atoms with Crippen LogP contribution in [-0.4, -0.2) is 34.3 Å². The number of amides is 2. The monoisotopic (exact) mass is 377 g/mol. The van der Waals surface area contributed by atoms with E-state index in [4.69, 9.17) is 0 Å². The number of anilines is 1. The van der Waals surface area contributed by atoms with E-state index in [0.717, 1.165) is 18.4 Å². The Labute approximate surface area is 166 Å². The molecule has 146 valence electrons. The number of pyridine rings is 1. The normalized spacial score (nSPS) is 20.4. The molecule has 1 aromatic carbocycles. The van der Waals surface area contributed by atoms with Crippen LogP contribution in [0.4, 0.5) is 5.82 Å². The van der Waals surface area contributed by atoms with Crippen molar-refractivity contribution in [1.82, 2.24) is 9.88 Å². The van der Waals surface area contributed by atoms with Gasteiger partial charge in [-0.3, -0.25) is 14.5 Å². The summed E-state index contributed by atoms with van der Waals surface area (Å²) in [5.74, 6) is 0.472. The third-order valence-electron chi connectivity index (χ3n) is 5.90. The van der Waals surface area contributed by atoms with Crippen molar-refractivity contribution < 1.29 is 9.59 Å². The summed E-state index contributed by atoms with van der Waals surface area (Å²) in [5.41, 5.74) is 1.05. The maximum atomic E-state index is 13.4. The zero-order valence-corrected chi connectivity index (χ0v) is 16.2. The Hall–Kier alpha value is -2.69. The average Bonchev–Trinajstić information content (AvgIpc) is 3.15. The summed E-state index contributed by atoms with van der Waals surface area (Å²) in [6, 6.07) is 15.8. The van der Waals surface area contributed by atoms with E-state index in [0.29, 0.717) is 31.4 Å².